The van der Waals surface area contributed by atoms with Crippen LogP contribution in [0.4, 0.5) is 13.2 Å². The van der Waals surface area contributed by atoms with Crippen LogP contribution in [-0.2, 0) is 0 Å². The molecule has 0 spiro atoms. The number of hydrogen-bond donors (Lipinski definition) is 1. The molecule has 1 N–H and O–H groups in total. The van der Waals surface area contributed by atoms with Crippen LogP contribution in [0.25, 0.3) is 34.4 Å². The molecule has 0 fully saturated rings. The van der Waals surface area contributed by atoms with Crippen LogP contribution in [0, 0.1) is 17.5 Å². The Morgan fingerprint density at radius 1 is 0.757 bits per heavy atom. The van der Waals surface area contributed by atoms with E-state index in [9.17, 15) is 18.3 Å². The summed E-state index contributed by atoms with van der Waals surface area (Å²) in [6.07, 6.45) is 4.12. The van der Waals surface area contributed by atoms with Crippen LogP contribution in [0.3, 0.4) is 0 Å². The molecule has 0 aliphatic heterocycles. The second-order valence-electron chi connectivity index (χ2n) is 8.79. The van der Waals surface area contributed by atoms with E-state index in [1.54, 1.807) is 72.8 Å². The highest BCUT2D eigenvalue weighted by molar-refractivity contribution is 5.74. The fourth-order valence-electron chi connectivity index (χ4n) is 4.19. The third-order valence-corrected chi connectivity index (χ3v) is 6.21. The molecule has 0 aliphatic rings. The molecule has 0 heterocycles. The van der Waals surface area contributed by atoms with E-state index in [1.165, 1.54) is 18.2 Å². The van der Waals surface area contributed by atoms with Crippen LogP contribution in [0.5, 0.6) is 5.75 Å². The number of benzene rings is 4. The van der Waals surface area contributed by atoms with E-state index in [2.05, 4.69) is 0 Å². The lowest BCUT2D eigenvalue weighted by molar-refractivity contribution is 0.166. The Hall–Kier alpha value is -3.83. The van der Waals surface area contributed by atoms with Crippen LogP contribution >= 0.6 is 0 Å². The van der Waals surface area contributed by atoms with E-state index in [1.807, 2.05) is 13.8 Å². The molecule has 5 heteroatoms. The number of rotatable bonds is 9. The van der Waals surface area contributed by atoms with Gasteiger partial charge >= 0.3 is 0 Å². The van der Waals surface area contributed by atoms with Crippen molar-refractivity contribution in [2.45, 2.75) is 32.8 Å². The zero-order chi connectivity index (χ0) is 26.4. The number of aliphatic hydroxyl groups excluding tert-OH is 1. The maximum Gasteiger partial charge on any atom is 0.167 e. The zero-order valence-electron chi connectivity index (χ0n) is 20.8. The maximum absolute atomic E-state index is 14.9. The second kappa shape index (κ2) is 11.9. The minimum atomic E-state index is -0.933. The lowest BCUT2D eigenvalue weighted by atomic mass is 9.98. The van der Waals surface area contributed by atoms with Gasteiger partial charge in [-0.25, -0.2) is 13.2 Å². The van der Waals surface area contributed by atoms with Crippen molar-refractivity contribution < 1.29 is 23.0 Å². The molecule has 1 unspecified atom stereocenters. The van der Waals surface area contributed by atoms with Crippen LogP contribution in [-0.4, -0.2) is 11.7 Å². The van der Waals surface area contributed by atoms with Gasteiger partial charge in [0.25, 0.3) is 0 Å². The fraction of sp³-hybridized carbons (Fsp3) is 0.188. The largest absolute Gasteiger partial charge is 0.494 e. The summed E-state index contributed by atoms with van der Waals surface area (Å²) in [6, 6.07) is 21.8. The highest BCUT2D eigenvalue weighted by Crippen LogP contribution is 2.30. The highest BCUT2D eigenvalue weighted by Gasteiger charge is 2.14. The summed E-state index contributed by atoms with van der Waals surface area (Å²) in [5.41, 5.74) is 3.49. The van der Waals surface area contributed by atoms with Gasteiger partial charge in [0.15, 0.2) is 11.6 Å². The summed E-state index contributed by atoms with van der Waals surface area (Å²) in [7, 11) is 0. The number of halogens is 3. The third kappa shape index (κ3) is 6.12. The predicted molar refractivity (Wildman–Crippen MR) is 144 cm³/mol. The Kier molecular flexibility index (Phi) is 8.47. The van der Waals surface area contributed by atoms with Crippen molar-refractivity contribution in [3.8, 4) is 28.0 Å². The molecular formula is C32H29F3O2. The average molecular weight is 503 g/mol. The van der Waals surface area contributed by atoms with Gasteiger partial charge in [-0.3, -0.25) is 0 Å². The van der Waals surface area contributed by atoms with Crippen molar-refractivity contribution in [3.05, 3.63) is 113 Å². The van der Waals surface area contributed by atoms with Crippen molar-refractivity contribution in [2.75, 3.05) is 6.61 Å². The molecule has 0 aromatic heterocycles. The molecular weight excluding hydrogens is 473 g/mol. The van der Waals surface area contributed by atoms with Gasteiger partial charge in [-0.1, -0.05) is 86.2 Å². The van der Waals surface area contributed by atoms with Crippen LogP contribution in [0.15, 0.2) is 78.9 Å². The molecule has 0 amide bonds. The van der Waals surface area contributed by atoms with Crippen molar-refractivity contribution >= 4 is 12.2 Å². The summed E-state index contributed by atoms with van der Waals surface area (Å²) < 4.78 is 49.6. The molecule has 190 valence electrons. The Morgan fingerprint density at radius 3 is 2.05 bits per heavy atom. The molecule has 37 heavy (non-hydrogen) atoms. The normalized spacial score (nSPS) is 12.2. The molecule has 1 atom stereocenters. The SMILES string of the molecule is CCCC(O)c1ccc(-c2ccc(/C=C/c3ccc(-c4ccc(OCC)cc4F)cc3)c(F)c2F)cc1. The van der Waals surface area contributed by atoms with E-state index in [4.69, 9.17) is 4.74 Å². The van der Waals surface area contributed by atoms with Gasteiger partial charge in [-0.05, 0) is 47.7 Å². The fourth-order valence-corrected chi connectivity index (χ4v) is 4.19. The Bertz CT molecular complexity index is 1380. The summed E-state index contributed by atoms with van der Waals surface area (Å²) in [5.74, 6) is -1.76. The molecule has 0 bridgehead atoms. The van der Waals surface area contributed by atoms with Gasteiger partial charge in [-0.15, -0.1) is 0 Å². The summed E-state index contributed by atoms with van der Waals surface area (Å²) >= 11 is 0. The molecule has 0 saturated carbocycles. The monoisotopic (exact) mass is 502 g/mol. The first-order valence-electron chi connectivity index (χ1n) is 12.4. The summed E-state index contributed by atoms with van der Waals surface area (Å²) in [6.45, 7) is 4.29. The van der Waals surface area contributed by atoms with Crippen molar-refractivity contribution in [2.24, 2.45) is 0 Å². The second-order valence-corrected chi connectivity index (χ2v) is 8.79. The topological polar surface area (TPSA) is 29.5 Å². The first-order chi connectivity index (χ1) is 17.9. The summed E-state index contributed by atoms with van der Waals surface area (Å²) in [4.78, 5) is 0. The number of aliphatic hydroxyl groups is 1. The van der Waals surface area contributed by atoms with E-state index >= 15 is 0 Å². The van der Waals surface area contributed by atoms with Gasteiger partial charge < -0.3 is 9.84 Å². The van der Waals surface area contributed by atoms with Crippen LogP contribution < -0.4 is 4.74 Å². The highest BCUT2D eigenvalue weighted by atomic mass is 19.2. The Morgan fingerprint density at radius 2 is 1.41 bits per heavy atom. The summed E-state index contributed by atoms with van der Waals surface area (Å²) in [5, 5.41) is 10.1. The predicted octanol–water partition coefficient (Wildman–Crippen LogP) is 8.84. The first-order valence-corrected chi connectivity index (χ1v) is 12.4. The Labute approximate surface area is 215 Å². The minimum Gasteiger partial charge on any atom is -0.494 e. The van der Waals surface area contributed by atoms with E-state index < -0.39 is 17.7 Å². The van der Waals surface area contributed by atoms with Crippen molar-refractivity contribution in [3.63, 3.8) is 0 Å². The molecule has 0 aliphatic carbocycles. The van der Waals surface area contributed by atoms with E-state index in [0.29, 0.717) is 35.5 Å². The van der Waals surface area contributed by atoms with Crippen molar-refractivity contribution in [1.82, 2.24) is 0 Å². The lowest BCUT2D eigenvalue weighted by Gasteiger charge is -2.11. The van der Waals surface area contributed by atoms with Gasteiger partial charge in [-0.2, -0.15) is 0 Å². The number of ether oxygens (including phenoxy) is 1. The molecule has 4 aromatic carbocycles. The molecule has 0 saturated heterocycles. The van der Waals surface area contributed by atoms with Gasteiger partial charge in [0.1, 0.15) is 11.6 Å². The van der Waals surface area contributed by atoms with Gasteiger partial charge in [0.2, 0.25) is 0 Å². The Balaban J connectivity index is 1.50. The smallest absolute Gasteiger partial charge is 0.167 e. The van der Waals surface area contributed by atoms with Gasteiger partial charge in [0.05, 0.1) is 12.7 Å². The van der Waals surface area contributed by atoms with E-state index in [-0.39, 0.29) is 16.9 Å². The van der Waals surface area contributed by atoms with Gasteiger partial charge in [0, 0.05) is 22.8 Å². The number of hydrogen-bond acceptors (Lipinski definition) is 2. The lowest BCUT2D eigenvalue weighted by Crippen LogP contribution is -1.97. The maximum atomic E-state index is 14.9. The van der Waals surface area contributed by atoms with E-state index in [0.717, 1.165) is 17.5 Å². The van der Waals surface area contributed by atoms with Crippen LogP contribution in [0.2, 0.25) is 0 Å². The first kappa shape index (κ1) is 26.2. The average Bonchev–Trinajstić information content (AvgIpc) is 2.90. The zero-order valence-corrected chi connectivity index (χ0v) is 20.8. The standard InChI is InChI=1S/C32H29F3O2/c1-3-5-30(36)24-14-12-23(13-15-24)28-18-16-25(31(34)32(28)35)11-8-21-6-9-22(10-7-21)27-19-17-26(37-4-2)20-29(27)33/h6-20,30,36H,3-5H2,1-2H3/b11-8+. The molecule has 4 aromatic rings. The molecule has 4 rings (SSSR count). The minimum absolute atomic E-state index is 0.123. The quantitative estimate of drug-likeness (QED) is 0.232. The molecule has 2 nitrogen and oxygen atoms in total. The van der Waals surface area contributed by atoms with Crippen LogP contribution in [0.1, 0.15) is 49.5 Å². The molecule has 0 radical (unpaired) electrons. The third-order valence-electron chi connectivity index (χ3n) is 6.21. The van der Waals surface area contributed by atoms with Crippen molar-refractivity contribution in [1.29, 1.82) is 0 Å².